The third kappa shape index (κ3) is 2.46. The molecule has 0 radical (unpaired) electrons. The van der Waals surface area contributed by atoms with Gasteiger partial charge in [-0.3, -0.25) is 0 Å². The van der Waals surface area contributed by atoms with E-state index < -0.39 is 0 Å². The molecule has 1 aliphatic carbocycles. The molecule has 1 aliphatic rings. The van der Waals surface area contributed by atoms with E-state index in [1.54, 1.807) is 12.1 Å². The van der Waals surface area contributed by atoms with Crippen LogP contribution in [0.1, 0.15) is 30.3 Å². The predicted octanol–water partition coefficient (Wildman–Crippen LogP) is 2.58. The number of imidazole rings is 1. The average Bonchev–Trinajstić information content (AvgIpc) is 3.24. The van der Waals surface area contributed by atoms with Crippen molar-refractivity contribution in [3.05, 3.63) is 47.0 Å². The molecule has 21 heavy (non-hydrogen) atoms. The van der Waals surface area contributed by atoms with Crippen molar-refractivity contribution in [3.63, 3.8) is 0 Å². The quantitative estimate of drug-likeness (QED) is 0.673. The van der Waals surface area contributed by atoms with Crippen molar-refractivity contribution in [2.75, 3.05) is 0 Å². The van der Waals surface area contributed by atoms with Crippen LogP contribution >= 0.6 is 11.6 Å². The molecule has 5 nitrogen and oxygen atoms in total. The Kier molecular flexibility index (Phi) is 3.32. The number of nitriles is 1. The summed E-state index contributed by atoms with van der Waals surface area (Å²) in [6, 6.07) is 8.00. The van der Waals surface area contributed by atoms with Crippen LogP contribution in [0.3, 0.4) is 0 Å². The summed E-state index contributed by atoms with van der Waals surface area (Å²) < 4.78 is 2.12. The summed E-state index contributed by atoms with van der Waals surface area (Å²) in [6.45, 7) is 0. The Morgan fingerprint density at radius 1 is 1.48 bits per heavy atom. The Hall–Kier alpha value is -2.45. The van der Waals surface area contributed by atoms with Crippen LogP contribution in [-0.4, -0.2) is 9.55 Å². The zero-order valence-corrected chi connectivity index (χ0v) is 12.0. The SMILES string of the molecule is N#Cc1ccc2nc(C(/C=C(\N)Cl)=C/N)n(C3CC3)c2c1. The average molecular weight is 300 g/mol. The van der Waals surface area contributed by atoms with Crippen LogP contribution in [0.5, 0.6) is 0 Å². The molecule has 0 aliphatic heterocycles. The zero-order valence-electron chi connectivity index (χ0n) is 11.3. The number of rotatable bonds is 3. The van der Waals surface area contributed by atoms with E-state index in [1.165, 1.54) is 6.20 Å². The fourth-order valence-electron chi connectivity index (χ4n) is 2.40. The Labute approximate surface area is 127 Å². The highest BCUT2D eigenvalue weighted by Crippen LogP contribution is 2.40. The third-order valence-electron chi connectivity index (χ3n) is 3.46. The second-order valence-corrected chi connectivity index (χ2v) is 5.44. The summed E-state index contributed by atoms with van der Waals surface area (Å²) in [6.07, 6.45) is 5.22. The summed E-state index contributed by atoms with van der Waals surface area (Å²) in [4.78, 5) is 4.62. The Balaban J connectivity index is 2.25. The normalized spacial score (nSPS) is 16.2. The standard InChI is InChI=1S/C15H14ClN5/c16-14(19)6-10(8-18)15-20-12-4-1-9(7-17)5-13(12)21(15)11-2-3-11/h1,4-6,8,11H,2-3,18-19H2/b10-8+,14-6-. The first-order valence-corrected chi connectivity index (χ1v) is 6.99. The molecule has 3 rings (SSSR count). The van der Waals surface area contributed by atoms with Gasteiger partial charge in [0.2, 0.25) is 0 Å². The maximum Gasteiger partial charge on any atom is 0.142 e. The van der Waals surface area contributed by atoms with Gasteiger partial charge in [0.1, 0.15) is 5.82 Å². The van der Waals surface area contributed by atoms with Crippen LogP contribution in [0, 0.1) is 11.3 Å². The molecule has 0 amide bonds. The molecule has 1 heterocycles. The van der Waals surface area contributed by atoms with Crippen LogP contribution in [0.25, 0.3) is 16.6 Å². The number of hydrogen-bond donors (Lipinski definition) is 2. The minimum atomic E-state index is 0.152. The number of nitrogens with two attached hydrogens (primary N) is 2. The van der Waals surface area contributed by atoms with Crippen molar-refractivity contribution >= 4 is 28.2 Å². The summed E-state index contributed by atoms with van der Waals surface area (Å²) in [5.74, 6) is 0.730. The first-order valence-electron chi connectivity index (χ1n) is 6.61. The van der Waals surface area contributed by atoms with Crippen LogP contribution in [0.4, 0.5) is 0 Å². The Bertz CT molecular complexity index is 801. The Morgan fingerprint density at radius 3 is 2.81 bits per heavy atom. The van der Waals surface area contributed by atoms with Gasteiger partial charge < -0.3 is 16.0 Å². The van der Waals surface area contributed by atoms with E-state index in [4.69, 9.17) is 28.3 Å². The molecule has 1 aromatic heterocycles. The first kappa shape index (κ1) is 13.5. The lowest BCUT2D eigenvalue weighted by atomic mass is 10.2. The highest BCUT2D eigenvalue weighted by Gasteiger charge is 2.29. The molecule has 1 aromatic carbocycles. The smallest absolute Gasteiger partial charge is 0.142 e. The molecule has 1 fully saturated rings. The van der Waals surface area contributed by atoms with Gasteiger partial charge in [0.15, 0.2) is 0 Å². The van der Waals surface area contributed by atoms with E-state index in [-0.39, 0.29) is 5.16 Å². The van der Waals surface area contributed by atoms with E-state index in [2.05, 4.69) is 15.6 Å². The van der Waals surface area contributed by atoms with Gasteiger partial charge in [0, 0.05) is 17.8 Å². The van der Waals surface area contributed by atoms with E-state index >= 15 is 0 Å². The lowest BCUT2D eigenvalue weighted by molar-refractivity contribution is 0.753. The van der Waals surface area contributed by atoms with E-state index in [0.717, 1.165) is 29.7 Å². The van der Waals surface area contributed by atoms with Gasteiger partial charge in [0.05, 0.1) is 27.8 Å². The largest absolute Gasteiger partial charge is 0.404 e. The van der Waals surface area contributed by atoms with Crippen LogP contribution in [0.15, 0.2) is 35.6 Å². The highest BCUT2D eigenvalue weighted by molar-refractivity contribution is 6.29. The molecule has 0 saturated heterocycles. The van der Waals surface area contributed by atoms with Crippen molar-refractivity contribution in [2.24, 2.45) is 11.5 Å². The first-order chi connectivity index (χ1) is 10.1. The zero-order chi connectivity index (χ0) is 15.0. The number of allylic oxidation sites excluding steroid dienone is 2. The van der Waals surface area contributed by atoms with Gasteiger partial charge in [-0.05, 0) is 37.1 Å². The number of hydrogen-bond acceptors (Lipinski definition) is 4. The summed E-state index contributed by atoms with van der Waals surface area (Å²) >= 11 is 5.76. The van der Waals surface area contributed by atoms with Crippen molar-refractivity contribution in [3.8, 4) is 6.07 Å². The lowest BCUT2D eigenvalue weighted by Crippen LogP contribution is -2.03. The molecular formula is C15H14ClN5. The van der Waals surface area contributed by atoms with Gasteiger partial charge in [0.25, 0.3) is 0 Å². The van der Waals surface area contributed by atoms with Crippen LogP contribution in [-0.2, 0) is 0 Å². The minimum absolute atomic E-state index is 0.152. The summed E-state index contributed by atoms with van der Waals surface area (Å²) in [5, 5.41) is 9.22. The number of benzene rings is 1. The van der Waals surface area contributed by atoms with Crippen molar-refractivity contribution in [1.29, 1.82) is 5.26 Å². The molecule has 1 saturated carbocycles. The topological polar surface area (TPSA) is 93.7 Å². The van der Waals surface area contributed by atoms with Crippen molar-refractivity contribution < 1.29 is 0 Å². The van der Waals surface area contributed by atoms with E-state index in [0.29, 0.717) is 17.2 Å². The van der Waals surface area contributed by atoms with Gasteiger partial charge >= 0.3 is 0 Å². The highest BCUT2D eigenvalue weighted by atomic mass is 35.5. The summed E-state index contributed by atoms with van der Waals surface area (Å²) in [5.41, 5.74) is 14.3. The van der Waals surface area contributed by atoms with E-state index in [1.807, 2.05) is 12.1 Å². The summed E-state index contributed by atoms with van der Waals surface area (Å²) in [7, 11) is 0. The fourth-order valence-corrected chi connectivity index (χ4v) is 2.52. The third-order valence-corrected chi connectivity index (χ3v) is 3.57. The molecule has 0 atom stereocenters. The molecule has 0 bridgehead atoms. The van der Waals surface area contributed by atoms with Crippen LogP contribution in [0.2, 0.25) is 0 Å². The molecule has 0 unspecified atom stereocenters. The number of halogens is 1. The molecular weight excluding hydrogens is 286 g/mol. The van der Waals surface area contributed by atoms with Gasteiger partial charge in [-0.1, -0.05) is 11.6 Å². The van der Waals surface area contributed by atoms with Crippen molar-refractivity contribution in [2.45, 2.75) is 18.9 Å². The lowest BCUT2D eigenvalue weighted by Gasteiger charge is -2.08. The number of nitrogens with zero attached hydrogens (tertiary/aromatic N) is 3. The van der Waals surface area contributed by atoms with E-state index in [9.17, 15) is 0 Å². The molecule has 4 N–H and O–H groups in total. The van der Waals surface area contributed by atoms with Gasteiger partial charge in [-0.25, -0.2) is 4.98 Å². The Morgan fingerprint density at radius 2 is 2.24 bits per heavy atom. The maximum absolute atomic E-state index is 9.07. The molecule has 6 heteroatoms. The van der Waals surface area contributed by atoms with Gasteiger partial charge in [-0.2, -0.15) is 5.26 Å². The molecule has 2 aromatic rings. The predicted molar refractivity (Wildman–Crippen MR) is 83.0 cm³/mol. The second kappa shape index (κ2) is 5.15. The number of aromatic nitrogens is 2. The van der Waals surface area contributed by atoms with Crippen LogP contribution < -0.4 is 11.5 Å². The molecule has 0 spiro atoms. The molecule has 106 valence electrons. The number of fused-ring (bicyclic) bond motifs is 1. The maximum atomic E-state index is 9.07. The second-order valence-electron chi connectivity index (χ2n) is 5.00. The minimum Gasteiger partial charge on any atom is -0.404 e. The van der Waals surface area contributed by atoms with Crippen molar-refractivity contribution in [1.82, 2.24) is 9.55 Å². The fraction of sp³-hybridized carbons (Fsp3) is 0.200. The monoisotopic (exact) mass is 299 g/mol. The van der Waals surface area contributed by atoms with Gasteiger partial charge in [-0.15, -0.1) is 0 Å².